The van der Waals surface area contributed by atoms with Crippen LogP contribution in [0.3, 0.4) is 0 Å². The summed E-state index contributed by atoms with van der Waals surface area (Å²) in [5.74, 6) is -1.67. The summed E-state index contributed by atoms with van der Waals surface area (Å²) in [6, 6.07) is 13.6. The van der Waals surface area contributed by atoms with Crippen LogP contribution in [0.15, 0.2) is 48.5 Å². The van der Waals surface area contributed by atoms with E-state index in [1.807, 2.05) is 51.1 Å². The molecule has 0 aliphatic carbocycles. The van der Waals surface area contributed by atoms with Crippen molar-refractivity contribution >= 4 is 35.0 Å². The quantitative estimate of drug-likeness (QED) is 0.666. The summed E-state index contributed by atoms with van der Waals surface area (Å²) in [5.41, 5.74) is 1.77. The molecule has 0 N–H and O–H groups in total. The highest BCUT2D eigenvalue weighted by atomic mass is 35.5. The predicted molar refractivity (Wildman–Crippen MR) is 109 cm³/mol. The molecule has 3 amide bonds. The molecule has 3 aliphatic heterocycles. The van der Waals surface area contributed by atoms with E-state index in [1.165, 1.54) is 4.90 Å². The molecule has 2 aromatic carbocycles. The third kappa shape index (κ3) is 2.37. The van der Waals surface area contributed by atoms with Gasteiger partial charge in [-0.15, -0.1) is 0 Å². The minimum absolute atomic E-state index is 0.0546. The van der Waals surface area contributed by atoms with Gasteiger partial charge in [0.15, 0.2) is 0 Å². The summed E-state index contributed by atoms with van der Waals surface area (Å²) in [6.45, 7) is 5.58. The lowest BCUT2D eigenvalue weighted by Gasteiger charge is -2.32. The molecular weight excluding hydrogens is 388 g/mol. The van der Waals surface area contributed by atoms with Crippen molar-refractivity contribution < 1.29 is 14.4 Å². The summed E-state index contributed by atoms with van der Waals surface area (Å²) in [6.07, 6.45) is 0. The maximum absolute atomic E-state index is 13.4. The van der Waals surface area contributed by atoms with Crippen molar-refractivity contribution in [1.82, 2.24) is 4.90 Å². The van der Waals surface area contributed by atoms with Crippen LogP contribution in [0.4, 0.5) is 5.69 Å². The van der Waals surface area contributed by atoms with Gasteiger partial charge in [-0.25, -0.2) is 4.90 Å². The fraction of sp³-hybridized carbons (Fsp3) is 0.348. The van der Waals surface area contributed by atoms with Crippen LogP contribution < -0.4 is 4.90 Å². The van der Waals surface area contributed by atoms with Crippen molar-refractivity contribution in [2.75, 3.05) is 4.90 Å². The number of carbonyl (C=O) groups is 3. The Kier molecular flexibility index (Phi) is 3.75. The van der Waals surface area contributed by atoms with Crippen LogP contribution in [0.25, 0.3) is 0 Å². The van der Waals surface area contributed by atoms with E-state index in [0.29, 0.717) is 10.7 Å². The van der Waals surface area contributed by atoms with Crippen molar-refractivity contribution in [2.24, 2.45) is 17.3 Å². The van der Waals surface area contributed by atoms with Crippen LogP contribution in [0.2, 0.25) is 5.02 Å². The lowest BCUT2D eigenvalue weighted by Crippen LogP contribution is -2.42. The lowest BCUT2D eigenvalue weighted by atomic mass is 9.77. The summed E-state index contributed by atoms with van der Waals surface area (Å²) < 4.78 is 0. The van der Waals surface area contributed by atoms with Crippen LogP contribution in [0, 0.1) is 17.3 Å². The fourth-order valence-corrected chi connectivity index (χ4v) is 5.31. The Morgan fingerprint density at radius 1 is 0.897 bits per heavy atom. The number of anilines is 1. The summed E-state index contributed by atoms with van der Waals surface area (Å²) in [5, 5.41) is 0.563. The van der Waals surface area contributed by atoms with Crippen molar-refractivity contribution in [3.8, 4) is 0 Å². The maximum atomic E-state index is 13.4. The molecule has 3 heterocycles. The first-order valence-corrected chi connectivity index (χ1v) is 10.1. The number of halogens is 1. The number of hydrogen-bond donors (Lipinski definition) is 0. The molecule has 3 aliphatic rings. The Balaban J connectivity index is 1.66. The van der Waals surface area contributed by atoms with Crippen molar-refractivity contribution in [3.63, 3.8) is 0 Å². The van der Waals surface area contributed by atoms with Gasteiger partial charge >= 0.3 is 0 Å². The number of para-hydroxylation sites is 1. The zero-order valence-electron chi connectivity index (χ0n) is 16.4. The number of benzene rings is 2. The largest absolute Gasteiger partial charge is 0.326 e. The van der Waals surface area contributed by atoms with Crippen LogP contribution in [-0.4, -0.2) is 22.6 Å². The number of hydrogen-bond acceptors (Lipinski definition) is 3. The molecule has 29 heavy (non-hydrogen) atoms. The van der Waals surface area contributed by atoms with Gasteiger partial charge in [0, 0.05) is 10.4 Å². The van der Waals surface area contributed by atoms with E-state index in [1.54, 1.807) is 23.1 Å². The first-order valence-electron chi connectivity index (χ1n) is 9.77. The molecule has 5 nitrogen and oxygen atoms in total. The summed E-state index contributed by atoms with van der Waals surface area (Å²) in [4.78, 5) is 43.3. The molecule has 5 rings (SSSR count). The van der Waals surface area contributed by atoms with Crippen LogP contribution in [-0.2, 0) is 14.4 Å². The van der Waals surface area contributed by atoms with Gasteiger partial charge in [0.2, 0.25) is 17.7 Å². The molecule has 0 saturated carbocycles. The molecule has 2 bridgehead atoms. The van der Waals surface area contributed by atoms with Gasteiger partial charge in [-0.2, -0.15) is 0 Å². The standard InChI is InChI=1S/C23H21ClN2O3/c1-23(2,3)22(29)26-18-14-10-9-12(24)11-15(14)19(26)17-16(18)20(27)25(21(17)28)13-7-5-4-6-8-13/h4-11,16-19H,1-3H3/t16-,17+,18+,19+/m1/s1. The zero-order valence-corrected chi connectivity index (χ0v) is 17.2. The van der Waals surface area contributed by atoms with Crippen molar-refractivity contribution in [3.05, 3.63) is 64.7 Å². The second kappa shape index (κ2) is 5.92. The molecule has 148 valence electrons. The topological polar surface area (TPSA) is 57.7 Å². The van der Waals surface area contributed by atoms with E-state index >= 15 is 0 Å². The minimum Gasteiger partial charge on any atom is -0.326 e. The molecule has 0 spiro atoms. The van der Waals surface area contributed by atoms with E-state index in [-0.39, 0.29) is 17.7 Å². The second-order valence-electron chi connectivity index (χ2n) is 9.02. The number of rotatable bonds is 1. The molecule has 4 atom stereocenters. The van der Waals surface area contributed by atoms with E-state index in [9.17, 15) is 14.4 Å². The molecule has 0 unspecified atom stereocenters. The third-order valence-corrected chi connectivity index (χ3v) is 6.49. The highest BCUT2D eigenvalue weighted by Crippen LogP contribution is 2.63. The van der Waals surface area contributed by atoms with Gasteiger partial charge in [0.05, 0.1) is 29.6 Å². The number of imide groups is 1. The molecule has 0 radical (unpaired) electrons. The monoisotopic (exact) mass is 408 g/mol. The number of carbonyl (C=O) groups excluding carboxylic acids is 3. The number of nitrogens with zero attached hydrogens (tertiary/aromatic N) is 2. The smallest absolute Gasteiger partial charge is 0.240 e. The van der Waals surface area contributed by atoms with Gasteiger partial charge in [0.25, 0.3) is 0 Å². The first kappa shape index (κ1) is 18.4. The van der Waals surface area contributed by atoms with E-state index in [0.717, 1.165) is 11.1 Å². The first-order chi connectivity index (χ1) is 13.7. The zero-order chi connectivity index (χ0) is 20.7. The highest BCUT2D eigenvalue weighted by molar-refractivity contribution is 6.30. The van der Waals surface area contributed by atoms with Gasteiger partial charge in [-0.1, -0.05) is 56.6 Å². The maximum Gasteiger partial charge on any atom is 0.240 e. The molecule has 0 aromatic heterocycles. The average molecular weight is 409 g/mol. The molecular formula is C23H21ClN2O3. The van der Waals surface area contributed by atoms with E-state index in [2.05, 4.69) is 0 Å². The van der Waals surface area contributed by atoms with Crippen LogP contribution >= 0.6 is 11.6 Å². The Morgan fingerprint density at radius 2 is 1.48 bits per heavy atom. The van der Waals surface area contributed by atoms with Gasteiger partial charge in [-0.3, -0.25) is 14.4 Å². The molecule has 2 fully saturated rings. The van der Waals surface area contributed by atoms with E-state index in [4.69, 9.17) is 11.6 Å². The molecule has 2 saturated heterocycles. The summed E-state index contributed by atoms with van der Waals surface area (Å²) in [7, 11) is 0. The van der Waals surface area contributed by atoms with Gasteiger partial charge in [0.1, 0.15) is 0 Å². The van der Waals surface area contributed by atoms with Crippen LogP contribution in [0.5, 0.6) is 0 Å². The minimum atomic E-state index is -0.619. The van der Waals surface area contributed by atoms with Gasteiger partial charge < -0.3 is 4.90 Å². The Bertz CT molecular complexity index is 1060. The SMILES string of the molecule is CC(C)(C)C(=O)N1[C@H]2c3ccc(Cl)cc3[C@H]1[C@H]1C(=O)N(c3ccccc3)C(=O)[C@H]12. The van der Waals surface area contributed by atoms with Gasteiger partial charge in [-0.05, 0) is 35.4 Å². The Hall–Kier alpha value is -2.66. The number of fused-ring (bicyclic) bond motifs is 8. The molecule has 2 aromatic rings. The van der Waals surface area contributed by atoms with Crippen LogP contribution in [0.1, 0.15) is 44.0 Å². The lowest BCUT2D eigenvalue weighted by molar-refractivity contribution is -0.143. The highest BCUT2D eigenvalue weighted by Gasteiger charge is 2.68. The third-order valence-electron chi connectivity index (χ3n) is 6.25. The summed E-state index contributed by atoms with van der Waals surface area (Å²) >= 11 is 6.24. The fourth-order valence-electron chi connectivity index (χ4n) is 5.13. The van der Waals surface area contributed by atoms with Crippen molar-refractivity contribution in [2.45, 2.75) is 32.9 Å². The van der Waals surface area contributed by atoms with E-state index < -0.39 is 29.3 Å². The Morgan fingerprint density at radius 3 is 2.07 bits per heavy atom. The predicted octanol–water partition coefficient (Wildman–Crippen LogP) is 4.13. The normalized spacial score (nSPS) is 27.4. The van der Waals surface area contributed by atoms with Crippen molar-refractivity contribution in [1.29, 1.82) is 0 Å². The second-order valence-corrected chi connectivity index (χ2v) is 9.46. The average Bonchev–Trinajstić information content (AvgIpc) is 3.26. The molecule has 6 heteroatoms. The number of amides is 3. The Labute approximate surface area is 174 Å².